The zero-order valence-electron chi connectivity index (χ0n) is 11.6. The van der Waals surface area contributed by atoms with Crippen LogP contribution in [0, 0.1) is 10.1 Å². The largest absolute Gasteiger partial charge is 0.393 e. The maximum atomic E-state index is 10.9. The molecule has 1 unspecified atom stereocenters. The lowest BCUT2D eigenvalue weighted by Gasteiger charge is -2.21. The van der Waals surface area contributed by atoms with E-state index < -0.39 is 17.1 Å². The molecule has 0 radical (unpaired) electrons. The van der Waals surface area contributed by atoms with Gasteiger partial charge < -0.3 is 20.8 Å². The second-order valence-electron chi connectivity index (χ2n) is 4.79. The van der Waals surface area contributed by atoms with Crippen LogP contribution >= 0.6 is 0 Å². The topological polar surface area (TPSA) is 121 Å². The Labute approximate surface area is 117 Å². The van der Waals surface area contributed by atoms with Crippen LogP contribution in [-0.4, -0.2) is 45.4 Å². The van der Waals surface area contributed by atoms with Gasteiger partial charge in [0.15, 0.2) is 0 Å². The number of nitro groups is 1. The molecule has 0 fully saturated rings. The third-order valence-electron chi connectivity index (χ3n) is 2.57. The zero-order valence-corrected chi connectivity index (χ0v) is 11.6. The van der Waals surface area contributed by atoms with Gasteiger partial charge in [0.2, 0.25) is 0 Å². The van der Waals surface area contributed by atoms with Crippen molar-refractivity contribution >= 4 is 17.3 Å². The summed E-state index contributed by atoms with van der Waals surface area (Å²) in [4.78, 5) is 14.5. The number of nitrogens with zero attached hydrogens (tertiary/aromatic N) is 2. The summed E-state index contributed by atoms with van der Waals surface area (Å²) in [7, 11) is 0. The molecule has 0 amide bonds. The number of pyridine rings is 1. The van der Waals surface area contributed by atoms with Crippen molar-refractivity contribution in [1.29, 1.82) is 0 Å². The van der Waals surface area contributed by atoms with Crippen molar-refractivity contribution in [2.45, 2.75) is 25.9 Å². The second kappa shape index (κ2) is 7.01. The van der Waals surface area contributed by atoms with Crippen LogP contribution in [0.2, 0.25) is 0 Å². The normalized spacial score (nSPS) is 13.6. The number of aliphatic hydroxyl groups excluding tert-OH is 1. The summed E-state index contributed by atoms with van der Waals surface area (Å²) in [5, 5.41) is 35.3. The standard InChI is InChI=1S/C12H20N4O4/c1-3-4-13-10-5-9(16(19)20)6-11(15-10)14-7-12(2,18)8-17/h5-6,17-18H,3-4,7-8H2,1-2H3,(H2,13,14,15). The zero-order chi connectivity index (χ0) is 15.2. The van der Waals surface area contributed by atoms with Gasteiger partial charge in [-0.15, -0.1) is 0 Å². The van der Waals surface area contributed by atoms with E-state index in [0.717, 1.165) is 6.42 Å². The van der Waals surface area contributed by atoms with Crippen molar-refractivity contribution in [3.8, 4) is 0 Å². The maximum absolute atomic E-state index is 10.9. The first-order chi connectivity index (χ1) is 9.38. The highest BCUT2D eigenvalue weighted by atomic mass is 16.6. The van der Waals surface area contributed by atoms with E-state index in [4.69, 9.17) is 5.11 Å². The molecule has 1 heterocycles. The van der Waals surface area contributed by atoms with Crippen molar-refractivity contribution in [3.05, 3.63) is 22.2 Å². The molecule has 20 heavy (non-hydrogen) atoms. The molecule has 0 saturated heterocycles. The third kappa shape index (κ3) is 4.98. The summed E-state index contributed by atoms with van der Waals surface area (Å²) in [6.45, 7) is 3.69. The van der Waals surface area contributed by atoms with E-state index >= 15 is 0 Å². The van der Waals surface area contributed by atoms with Gasteiger partial charge in [-0.3, -0.25) is 10.1 Å². The summed E-state index contributed by atoms with van der Waals surface area (Å²) < 4.78 is 0. The van der Waals surface area contributed by atoms with Gasteiger partial charge >= 0.3 is 0 Å². The Morgan fingerprint density at radius 3 is 2.50 bits per heavy atom. The number of hydrogen-bond donors (Lipinski definition) is 4. The highest BCUT2D eigenvalue weighted by Gasteiger charge is 2.19. The van der Waals surface area contributed by atoms with Crippen molar-refractivity contribution in [2.24, 2.45) is 0 Å². The van der Waals surface area contributed by atoms with Gasteiger partial charge in [-0.1, -0.05) is 6.92 Å². The molecular weight excluding hydrogens is 264 g/mol. The SMILES string of the molecule is CCCNc1cc([N+](=O)[O-])cc(NCC(C)(O)CO)n1. The Hall–Kier alpha value is -1.93. The van der Waals surface area contributed by atoms with E-state index in [-0.39, 0.29) is 18.1 Å². The number of nitrogens with one attached hydrogen (secondary N) is 2. The smallest absolute Gasteiger partial charge is 0.276 e. The Kier molecular flexibility index (Phi) is 5.66. The third-order valence-corrected chi connectivity index (χ3v) is 2.57. The van der Waals surface area contributed by atoms with Crippen molar-refractivity contribution in [3.63, 3.8) is 0 Å². The molecule has 112 valence electrons. The highest BCUT2D eigenvalue weighted by Crippen LogP contribution is 2.21. The average Bonchev–Trinajstić information content (AvgIpc) is 2.43. The van der Waals surface area contributed by atoms with Gasteiger partial charge in [0.05, 0.1) is 23.7 Å². The van der Waals surface area contributed by atoms with E-state index in [1.807, 2.05) is 6.92 Å². The molecule has 0 saturated carbocycles. The van der Waals surface area contributed by atoms with Gasteiger partial charge in [0.25, 0.3) is 5.69 Å². The number of aromatic nitrogens is 1. The summed E-state index contributed by atoms with van der Waals surface area (Å²) in [6.07, 6.45) is 0.867. The van der Waals surface area contributed by atoms with Crippen LogP contribution in [-0.2, 0) is 0 Å². The van der Waals surface area contributed by atoms with Crippen LogP contribution < -0.4 is 10.6 Å². The van der Waals surface area contributed by atoms with Crippen LogP contribution in [0.3, 0.4) is 0 Å². The maximum Gasteiger partial charge on any atom is 0.276 e. The first kappa shape index (κ1) is 16.1. The summed E-state index contributed by atoms with van der Waals surface area (Å²) in [5.41, 5.74) is -1.41. The molecule has 1 aromatic heterocycles. The van der Waals surface area contributed by atoms with Gasteiger partial charge in [0, 0.05) is 13.1 Å². The molecule has 0 aromatic carbocycles. The Morgan fingerprint density at radius 1 is 1.40 bits per heavy atom. The first-order valence-corrected chi connectivity index (χ1v) is 6.35. The molecule has 0 aliphatic carbocycles. The van der Waals surface area contributed by atoms with E-state index in [1.165, 1.54) is 19.1 Å². The van der Waals surface area contributed by atoms with E-state index in [0.29, 0.717) is 12.4 Å². The minimum absolute atomic E-state index is 0.0326. The summed E-state index contributed by atoms with van der Waals surface area (Å²) >= 11 is 0. The van der Waals surface area contributed by atoms with E-state index in [9.17, 15) is 15.2 Å². The fourth-order valence-corrected chi connectivity index (χ4v) is 1.39. The van der Waals surface area contributed by atoms with Crippen LogP contribution in [0.25, 0.3) is 0 Å². The number of rotatable bonds is 8. The Bertz CT molecular complexity index is 465. The van der Waals surface area contributed by atoms with Crippen LogP contribution in [0.1, 0.15) is 20.3 Å². The molecule has 1 aromatic rings. The number of anilines is 2. The predicted octanol–water partition coefficient (Wildman–Crippen LogP) is 0.967. The van der Waals surface area contributed by atoms with Crippen LogP contribution in [0.4, 0.5) is 17.3 Å². The number of hydrogen-bond acceptors (Lipinski definition) is 7. The molecule has 0 bridgehead atoms. The lowest BCUT2D eigenvalue weighted by Crippen LogP contribution is -2.37. The van der Waals surface area contributed by atoms with E-state index in [1.54, 1.807) is 0 Å². The Balaban J connectivity index is 2.88. The van der Waals surface area contributed by atoms with Crippen molar-refractivity contribution in [1.82, 2.24) is 4.98 Å². The molecule has 0 spiro atoms. The van der Waals surface area contributed by atoms with Crippen molar-refractivity contribution in [2.75, 3.05) is 30.3 Å². The fourth-order valence-electron chi connectivity index (χ4n) is 1.39. The molecular formula is C12H20N4O4. The molecule has 8 heteroatoms. The van der Waals surface area contributed by atoms with Gasteiger partial charge in [-0.2, -0.15) is 0 Å². The fraction of sp³-hybridized carbons (Fsp3) is 0.583. The lowest BCUT2D eigenvalue weighted by molar-refractivity contribution is -0.384. The predicted molar refractivity (Wildman–Crippen MR) is 75.9 cm³/mol. The summed E-state index contributed by atoms with van der Waals surface area (Å²) in [5.74, 6) is 0.665. The van der Waals surface area contributed by atoms with Gasteiger partial charge in [-0.25, -0.2) is 4.98 Å². The molecule has 4 N–H and O–H groups in total. The molecule has 0 aliphatic rings. The summed E-state index contributed by atoms with van der Waals surface area (Å²) in [6, 6.07) is 2.63. The second-order valence-corrected chi connectivity index (χ2v) is 4.79. The minimum Gasteiger partial charge on any atom is -0.393 e. The van der Waals surface area contributed by atoms with Crippen molar-refractivity contribution < 1.29 is 15.1 Å². The Morgan fingerprint density at radius 2 is 2.00 bits per heavy atom. The average molecular weight is 284 g/mol. The minimum atomic E-state index is -1.32. The first-order valence-electron chi connectivity index (χ1n) is 6.35. The monoisotopic (exact) mass is 284 g/mol. The molecule has 1 rings (SSSR count). The molecule has 1 atom stereocenters. The molecule has 0 aliphatic heterocycles. The van der Waals surface area contributed by atoms with E-state index in [2.05, 4.69) is 15.6 Å². The highest BCUT2D eigenvalue weighted by molar-refractivity contribution is 5.54. The molecule has 8 nitrogen and oxygen atoms in total. The van der Waals surface area contributed by atoms with Gasteiger partial charge in [-0.05, 0) is 13.3 Å². The lowest BCUT2D eigenvalue weighted by atomic mass is 10.1. The number of aliphatic hydroxyl groups is 2. The van der Waals surface area contributed by atoms with Crippen LogP contribution in [0.5, 0.6) is 0 Å². The van der Waals surface area contributed by atoms with Gasteiger partial charge in [0.1, 0.15) is 17.2 Å². The van der Waals surface area contributed by atoms with Crippen LogP contribution in [0.15, 0.2) is 12.1 Å². The quantitative estimate of drug-likeness (QED) is 0.414.